The number of benzene rings is 1. The Kier molecular flexibility index (Phi) is 5.21. The van der Waals surface area contributed by atoms with Crippen LogP contribution in [-0.4, -0.2) is 0 Å². The fraction of sp³-hybridized carbons (Fsp3) is 0.625. The molecule has 0 aliphatic heterocycles. The van der Waals surface area contributed by atoms with E-state index in [2.05, 4.69) is 36.6 Å². The first-order valence-corrected chi connectivity index (χ1v) is 7.38. The predicted molar refractivity (Wildman–Crippen MR) is 77.1 cm³/mol. The average Bonchev–Trinajstić information content (AvgIpc) is 2.46. The maximum absolute atomic E-state index is 5.76. The zero-order chi connectivity index (χ0) is 12.8. The lowest BCUT2D eigenvalue weighted by atomic mass is 9.83. The van der Waals surface area contributed by atoms with Gasteiger partial charge in [0.15, 0.2) is 0 Å². The molecule has 18 heavy (non-hydrogen) atoms. The summed E-state index contributed by atoms with van der Waals surface area (Å²) in [6, 6.07) is 9.16. The third-order valence-electron chi connectivity index (χ3n) is 4.26. The molecule has 1 atom stereocenters. The van der Waals surface area contributed by atoms with E-state index in [0.29, 0.717) is 6.04 Å². The summed E-state index contributed by atoms with van der Waals surface area (Å²) in [7, 11) is 0. The molecule has 0 amide bonds. The summed E-state index contributed by atoms with van der Waals surface area (Å²) in [5, 5.41) is 0. The Morgan fingerprint density at radius 2 is 2.06 bits per heavy atom. The molecule has 100 valence electrons. The van der Waals surface area contributed by atoms with Crippen LogP contribution in [0.5, 0.6) is 0 Å². The van der Waals surface area contributed by atoms with E-state index in [1.165, 1.54) is 49.7 Å². The molecular formula is C16H26N2. The van der Waals surface area contributed by atoms with Gasteiger partial charge in [-0.2, -0.15) is 0 Å². The average molecular weight is 246 g/mol. The maximum Gasteiger partial charge on any atom is 0.0462 e. The maximum atomic E-state index is 5.76. The van der Waals surface area contributed by atoms with Gasteiger partial charge in [0.05, 0.1) is 0 Å². The van der Waals surface area contributed by atoms with Crippen molar-refractivity contribution in [1.29, 1.82) is 0 Å². The zero-order valence-electron chi connectivity index (χ0n) is 11.5. The zero-order valence-corrected chi connectivity index (χ0v) is 11.5. The van der Waals surface area contributed by atoms with Crippen LogP contribution < -0.4 is 11.3 Å². The summed E-state index contributed by atoms with van der Waals surface area (Å²) in [5.74, 6) is 6.62. The highest BCUT2D eigenvalue weighted by atomic mass is 15.2. The van der Waals surface area contributed by atoms with E-state index in [1.807, 2.05) is 0 Å². The molecule has 3 N–H and O–H groups in total. The van der Waals surface area contributed by atoms with Crippen LogP contribution >= 0.6 is 0 Å². The number of aryl methyl sites for hydroxylation is 1. The lowest BCUT2D eigenvalue weighted by Crippen LogP contribution is -2.30. The van der Waals surface area contributed by atoms with Crippen LogP contribution in [0.15, 0.2) is 24.3 Å². The molecule has 1 aromatic rings. The second kappa shape index (κ2) is 6.91. The standard InChI is InChI=1S/C16H26N2/c1-2-13-9-6-10-15(11-13)16(18-17)12-14-7-4-3-5-8-14/h6,9-11,14,16,18H,2-5,7-8,12,17H2,1H3. The van der Waals surface area contributed by atoms with E-state index in [1.54, 1.807) is 0 Å². The Labute approximate surface area is 111 Å². The summed E-state index contributed by atoms with van der Waals surface area (Å²) < 4.78 is 0. The smallest absolute Gasteiger partial charge is 0.0462 e. The topological polar surface area (TPSA) is 38.0 Å². The van der Waals surface area contributed by atoms with Gasteiger partial charge in [0, 0.05) is 6.04 Å². The van der Waals surface area contributed by atoms with Crippen LogP contribution in [-0.2, 0) is 6.42 Å². The molecule has 0 saturated heterocycles. The lowest BCUT2D eigenvalue weighted by Gasteiger charge is -2.26. The highest BCUT2D eigenvalue weighted by Gasteiger charge is 2.19. The number of nitrogens with one attached hydrogen (secondary N) is 1. The van der Waals surface area contributed by atoms with E-state index in [4.69, 9.17) is 5.84 Å². The van der Waals surface area contributed by atoms with Crippen molar-refractivity contribution >= 4 is 0 Å². The summed E-state index contributed by atoms with van der Waals surface area (Å²) in [5.41, 5.74) is 5.77. The Morgan fingerprint density at radius 3 is 2.72 bits per heavy atom. The third-order valence-corrected chi connectivity index (χ3v) is 4.26. The van der Waals surface area contributed by atoms with Crippen LogP contribution in [0.1, 0.15) is 62.6 Å². The third kappa shape index (κ3) is 3.56. The molecule has 1 fully saturated rings. The van der Waals surface area contributed by atoms with Crippen molar-refractivity contribution < 1.29 is 0 Å². The molecule has 2 heteroatoms. The summed E-state index contributed by atoms with van der Waals surface area (Å²) >= 11 is 0. The molecule has 1 unspecified atom stereocenters. The molecule has 1 saturated carbocycles. The van der Waals surface area contributed by atoms with E-state index in [-0.39, 0.29) is 0 Å². The van der Waals surface area contributed by atoms with Gasteiger partial charge in [-0.1, -0.05) is 63.3 Å². The fourth-order valence-corrected chi connectivity index (χ4v) is 3.09. The van der Waals surface area contributed by atoms with Crippen molar-refractivity contribution in [2.45, 2.75) is 57.9 Å². The second-order valence-corrected chi connectivity index (χ2v) is 5.56. The monoisotopic (exact) mass is 246 g/mol. The Morgan fingerprint density at radius 1 is 1.28 bits per heavy atom. The fourth-order valence-electron chi connectivity index (χ4n) is 3.09. The molecule has 0 spiro atoms. The van der Waals surface area contributed by atoms with Crippen LogP contribution in [0.2, 0.25) is 0 Å². The summed E-state index contributed by atoms with van der Waals surface area (Å²) in [6.45, 7) is 2.20. The highest BCUT2D eigenvalue weighted by molar-refractivity contribution is 5.26. The van der Waals surface area contributed by atoms with Crippen LogP contribution in [0.4, 0.5) is 0 Å². The highest BCUT2D eigenvalue weighted by Crippen LogP contribution is 2.31. The van der Waals surface area contributed by atoms with Crippen LogP contribution in [0, 0.1) is 5.92 Å². The molecule has 1 aliphatic rings. The van der Waals surface area contributed by atoms with Crippen molar-refractivity contribution in [2.24, 2.45) is 11.8 Å². The van der Waals surface area contributed by atoms with Gasteiger partial charge >= 0.3 is 0 Å². The van der Waals surface area contributed by atoms with Gasteiger partial charge < -0.3 is 0 Å². The SMILES string of the molecule is CCc1cccc(C(CC2CCCCC2)NN)c1. The first kappa shape index (κ1) is 13.6. The Hall–Kier alpha value is -0.860. The molecule has 0 bridgehead atoms. The summed E-state index contributed by atoms with van der Waals surface area (Å²) in [6.07, 6.45) is 9.26. The van der Waals surface area contributed by atoms with Gasteiger partial charge in [-0.25, -0.2) is 0 Å². The van der Waals surface area contributed by atoms with Gasteiger partial charge in [0.2, 0.25) is 0 Å². The van der Waals surface area contributed by atoms with E-state index in [9.17, 15) is 0 Å². The quantitative estimate of drug-likeness (QED) is 0.614. The predicted octanol–water partition coefficient (Wildman–Crippen LogP) is 3.72. The van der Waals surface area contributed by atoms with Crippen LogP contribution in [0.3, 0.4) is 0 Å². The minimum Gasteiger partial charge on any atom is -0.271 e. The van der Waals surface area contributed by atoms with Gasteiger partial charge in [0.1, 0.15) is 0 Å². The van der Waals surface area contributed by atoms with E-state index >= 15 is 0 Å². The number of hydrogen-bond acceptors (Lipinski definition) is 2. The molecule has 0 radical (unpaired) electrons. The number of rotatable bonds is 5. The number of hydrazine groups is 1. The van der Waals surface area contributed by atoms with E-state index < -0.39 is 0 Å². The molecule has 1 aliphatic carbocycles. The van der Waals surface area contributed by atoms with Crippen molar-refractivity contribution in [3.05, 3.63) is 35.4 Å². The number of nitrogens with two attached hydrogens (primary N) is 1. The Balaban J connectivity index is 2.02. The molecule has 1 aromatic carbocycles. The van der Waals surface area contributed by atoms with Gasteiger partial charge in [-0.05, 0) is 29.9 Å². The molecule has 0 heterocycles. The molecule has 2 nitrogen and oxygen atoms in total. The van der Waals surface area contributed by atoms with Gasteiger partial charge in [-0.15, -0.1) is 0 Å². The van der Waals surface area contributed by atoms with Crippen molar-refractivity contribution in [1.82, 2.24) is 5.43 Å². The number of hydrogen-bond donors (Lipinski definition) is 2. The van der Waals surface area contributed by atoms with Crippen molar-refractivity contribution in [2.75, 3.05) is 0 Å². The van der Waals surface area contributed by atoms with Crippen molar-refractivity contribution in [3.63, 3.8) is 0 Å². The van der Waals surface area contributed by atoms with Crippen molar-refractivity contribution in [3.8, 4) is 0 Å². The minimum absolute atomic E-state index is 0.319. The first-order valence-electron chi connectivity index (χ1n) is 7.38. The second-order valence-electron chi connectivity index (χ2n) is 5.56. The minimum atomic E-state index is 0.319. The van der Waals surface area contributed by atoms with Gasteiger partial charge in [0.25, 0.3) is 0 Å². The molecular weight excluding hydrogens is 220 g/mol. The Bertz CT molecular complexity index is 356. The summed E-state index contributed by atoms with van der Waals surface area (Å²) in [4.78, 5) is 0. The first-order chi connectivity index (χ1) is 8.83. The largest absolute Gasteiger partial charge is 0.271 e. The van der Waals surface area contributed by atoms with E-state index in [0.717, 1.165) is 12.3 Å². The lowest BCUT2D eigenvalue weighted by molar-refractivity contribution is 0.301. The normalized spacial score (nSPS) is 18.8. The van der Waals surface area contributed by atoms with Crippen LogP contribution in [0.25, 0.3) is 0 Å². The van der Waals surface area contributed by atoms with Gasteiger partial charge in [-0.3, -0.25) is 11.3 Å². The molecule has 2 rings (SSSR count). The molecule has 0 aromatic heterocycles.